The Balaban J connectivity index is 1.89. The van der Waals surface area contributed by atoms with Gasteiger partial charge >= 0.3 is 0 Å². The van der Waals surface area contributed by atoms with Crippen LogP contribution in [-0.4, -0.2) is 6.29 Å². The Morgan fingerprint density at radius 2 is 1.75 bits per heavy atom. The third-order valence-electron chi connectivity index (χ3n) is 4.52. The number of hydrogen-bond acceptors (Lipinski definition) is 1. The second kappa shape index (κ2) is 7.37. The van der Waals surface area contributed by atoms with E-state index in [0.717, 1.165) is 30.6 Å². The van der Waals surface area contributed by atoms with Crippen molar-refractivity contribution < 1.29 is 9.18 Å². The second-order valence-electron chi connectivity index (χ2n) is 5.94. The number of carbonyl (C=O) groups is 1. The molecule has 0 amide bonds. The highest BCUT2D eigenvalue weighted by Crippen LogP contribution is 2.36. The lowest BCUT2D eigenvalue weighted by Crippen LogP contribution is -2.17. The number of benzene rings is 1. The van der Waals surface area contributed by atoms with Crippen molar-refractivity contribution in [1.82, 2.24) is 0 Å². The lowest BCUT2D eigenvalue weighted by molar-refractivity contribution is -0.109. The Hall–Kier alpha value is -1.44. The van der Waals surface area contributed by atoms with E-state index in [0.29, 0.717) is 5.92 Å². The number of halogens is 1. The summed E-state index contributed by atoms with van der Waals surface area (Å²) in [5, 5.41) is 0. The molecule has 2 heteroatoms. The highest BCUT2D eigenvalue weighted by Gasteiger charge is 2.23. The highest BCUT2D eigenvalue weighted by molar-refractivity contribution is 5.62. The van der Waals surface area contributed by atoms with Crippen LogP contribution >= 0.6 is 0 Å². The van der Waals surface area contributed by atoms with Gasteiger partial charge in [0.25, 0.3) is 0 Å². The van der Waals surface area contributed by atoms with E-state index in [4.69, 9.17) is 0 Å². The molecule has 2 rings (SSSR count). The van der Waals surface area contributed by atoms with Crippen LogP contribution in [0.1, 0.15) is 50.0 Å². The fourth-order valence-corrected chi connectivity index (χ4v) is 3.28. The maximum atomic E-state index is 12.9. The van der Waals surface area contributed by atoms with Gasteiger partial charge < -0.3 is 4.79 Å². The Morgan fingerprint density at radius 3 is 2.30 bits per heavy atom. The van der Waals surface area contributed by atoms with Crippen molar-refractivity contribution in [3.8, 4) is 0 Å². The molecule has 0 aromatic heterocycles. The highest BCUT2D eigenvalue weighted by atomic mass is 19.1. The van der Waals surface area contributed by atoms with Crippen molar-refractivity contribution in [3.05, 3.63) is 48.3 Å². The molecule has 1 saturated carbocycles. The van der Waals surface area contributed by atoms with Crippen LogP contribution in [0.2, 0.25) is 0 Å². The van der Waals surface area contributed by atoms with E-state index >= 15 is 0 Å². The summed E-state index contributed by atoms with van der Waals surface area (Å²) in [4.78, 5) is 11.3. The number of hydrogen-bond donors (Lipinski definition) is 0. The van der Waals surface area contributed by atoms with Gasteiger partial charge in [-0.1, -0.05) is 31.1 Å². The summed E-state index contributed by atoms with van der Waals surface area (Å²) in [6, 6.07) is 6.34. The number of allylic oxidation sites excluding steroid dienone is 1. The zero-order chi connectivity index (χ0) is 14.4. The average Bonchev–Trinajstić information content (AvgIpc) is 2.48. The van der Waals surface area contributed by atoms with Gasteiger partial charge in [-0.25, -0.2) is 4.39 Å². The molecule has 1 aliphatic rings. The molecule has 1 aromatic rings. The summed E-state index contributed by atoms with van der Waals surface area (Å²) in [5.41, 5.74) is 0.939. The molecule has 1 unspecified atom stereocenters. The largest absolute Gasteiger partial charge is 0.303 e. The quantitative estimate of drug-likeness (QED) is 0.533. The average molecular weight is 274 g/mol. The minimum Gasteiger partial charge on any atom is -0.303 e. The van der Waals surface area contributed by atoms with E-state index in [2.05, 4.69) is 6.58 Å². The van der Waals surface area contributed by atoms with E-state index < -0.39 is 0 Å². The standard InChI is InChI=1S/C18H23FO/c1-2-3-14-4-6-15(7-5-14)12-17(13-20)16-8-10-18(19)11-9-16/h2,8-11,13-15,17H,1,3-7,12H2. The predicted molar refractivity (Wildman–Crippen MR) is 80.1 cm³/mol. The Bertz CT molecular complexity index is 429. The zero-order valence-electron chi connectivity index (χ0n) is 11.9. The fourth-order valence-electron chi connectivity index (χ4n) is 3.28. The maximum Gasteiger partial charge on any atom is 0.127 e. The van der Waals surface area contributed by atoms with E-state index in [-0.39, 0.29) is 11.7 Å². The Morgan fingerprint density at radius 1 is 1.15 bits per heavy atom. The molecule has 108 valence electrons. The van der Waals surface area contributed by atoms with Gasteiger partial charge in [-0.2, -0.15) is 0 Å². The lowest BCUT2D eigenvalue weighted by atomic mass is 9.76. The van der Waals surface area contributed by atoms with Crippen LogP contribution in [0, 0.1) is 17.7 Å². The molecule has 1 aliphatic carbocycles. The molecule has 0 heterocycles. The lowest BCUT2D eigenvalue weighted by Gasteiger charge is -2.29. The molecule has 1 aromatic carbocycles. The van der Waals surface area contributed by atoms with Crippen LogP contribution in [0.5, 0.6) is 0 Å². The molecule has 0 N–H and O–H groups in total. The molecular weight excluding hydrogens is 251 g/mol. The molecular formula is C18H23FO. The molecule has 1 atom stereocenters. The Kier molecular flexibility index (Phi) is 5.51. The maximum absolute atomic E-state index is 12.9. The van der Waals surface area contributed by atoms with Gasteiger partial charge in [-0.15, -0.1) is 6.58 Å². The second-order valence-corrected chi connectivity index (χ2v) is 5.94. The van der Waals surface area contributed by atoms with E-state index in [1.807, 2.05) is 6.08 Å². The van der Waals surface area contributed by atoms with Gasteiger partial charge in [0.15, 0.2) is 0 Å². The molecule has 0 saturated heterocycles. The first-order chi connectivity index (χ1) is 9.72. The summed E-state index contributed by atoms with van der Waals surface area (Å²) in [6.45, 7) is 3.81. The Labute approximate surface area is 120 Å². The summed E-state index contributed by atoms with van der Waals surface area (Å²) in [5.74, 6) is 1.07. The predicted octanol–water partition coefficient (Wildman–Crippen LogP) is 4.88. The van der Waals surface area contributed by atoms with Crippen LogP contribution in [0.3, 0.4) is 0 Å². The fraction of sp³-hybridized carbons (Fsp3) is 0.500. The van der Waals surface area contributed by atoms with Crippen molar-refractivity contribution >= 4 is 6.29 Å². The molecule has 0 bridgehead atoms. The SMILES string of the molecule is C=CCC1CCC(CC(C=O)c2ccc(F)cc2)CC1. The van der Waals surface area contributed by atoms with Crippen LogP contribution in [-0.2, 0) is 4.79 Å². The summed E-state index contributed by atoms with van der Waals surface area (Å²) < 4.78 is 12.9. The summed E-state index contributed by atoms with van der Waals surface area (Å²) in [6.07, 6.45) is 9.92. The normalized spacial score (nSPS) is 24.1. The van der Waals surface area contributed by atoms with Crippen LogP contribution in [0.25, 0.3) is 0 Å². The summed E-state index contributed by atoms with van der Waals surface area (Å²) >= 11 is 0. The zero-order valence-corrected chi connectivity index (χ0v) is 11.9. The van der Waals surface area contributed by atoms with Gasteiger partial charge in [-0.3, -0.25) is 0 Å². The van der Waals surface area contributed by atoms with E-state index in [9.17, 15) is 9.18 Å². The molecule has 1 nitrogen and oxygen atoms in total. The summed E-state index contributed by atoms with van der Waals surface area (Å²) in [7, 11) is 0. The molecule has 0 aliphatic heterocycles. The first-order valence-corrected chi connectivity index (χ1v) is 7.54. The van der Waals surface area contributed by atoms with Crippen molar-refractivity contribution in [2.75, 3.05) is 0 Å². The van der Waals surface area contributed by atoms with Gasteiger partial charge in [-0.05, 0) is 55.2 Å². The first-order valence-electron chi connectivity index (χ1n) is 7.54. The molecule has 0 radical (unpaired) electrons. The smallest absolute Gasteiger partial charge is 0.127 e. The minimum atomic E-state index is -0.247. The van der Waals surface area contributed by atoms with Gasteiger partial charge in [0.2, 0.25) is 0 Å². The van der Waals surface area contributed by atoms with E-state index in [1.165, 1.54) is 37.8 Å². The topological polar surface area (TPSA) is 17.1 Å². The van der Waals surface area contributed by atoms with Gasteiger partial charge in [0, 0.05) is 5.92 Å². The van der Waals surface area contributed by atoms with Crippen molar-refractivity contribution in [2.24, 2.45) is 11.8 Å². The molecule has 1 fully saturated rings. The van der Waals surface area contributed by atoms with E-state index in [1.54, 1.807) is 12.1 Å². The van der Waals surface area contributed by atoms with Crippen molar-refractivity contribution in [1.29, 1.82) is 0 Å². The number of carbonyl (C=O) groups excluding carboxylic acids is 1. The van der Waals surface area contributed by atoms with Crippen molar-refractivity contribution in [2.45, 2.75) is 44.4 Å². The monoisotopic (exact) mass is 274 g/mol. The van der Waals surface area contributed by atoms with Crippen LogP contribution < -0.4 is 0 Å². The van der Waals surface area contributed by atoms with Crippen LogP contribution in [0.4, 0.5) is 4.39 Å². The van der Waals surface area contributed by atoms with Gasteiger partial charge in [0.05, 0.1) is 0 Å². The molecule has 20 heavy (non-hydrogen) atoms. The number of rotatable bonds is 6. The first kappa shape index (κ1) is 15.0. The van der Waals surface area contributed by atoms with Crippen molar-refractivity contribution in [3.63, 3.8) is 0 Å². The third kappa shape index (κ3) is 4.03. The molecule has 0 spiro atoms. The number of aldehydes is 1. The van der Waals surface area contributed by atoms with Crippen LogP contribution in [0.15, 0.2) is 36.9 Å². The minimum absolute atomic E-state index is 0.0865. The van der Waals surface area contributed by atoms with Gasteiger partial charge in [0.1, 0.15) is 12.1 Å². The third-order valence-corrected chi connectivity index (χ3v) is 4.52.